The summed E-state index contributed by atoms with van der Waals surface area (Å²) in [5, 5.41) is 0. The van der Waals surface area contributed by atoms with Gasteiger partial charge in [-0.1, -0.05) is 132 Å². The molecule has 84 heavy (non-hydrogen) atoms. The van der Waals surface area contributed by atoms with E-state index in [4.69, 9.17) is 42.6 Å². The highest BCUT2D eigenvalue weighted by atomic mass is 16.5. The fourth-order valence-corrected chi connectivity index (χ4v) is 8.87. The molecule has 1 unspecified atom stereocenters. The van der Waals surface area contributed by atoms with Crippen LogP contribution in [0.3, 0.4) is 0 Å². The fourth-order valence-electron chi connectivity index (χ4n) is 8.87. The zero-order valence-corrected chi connectivity index (χ0v) is 52.8. The van der Waals surface area contributed by atoms with Crippen molar-refractivity contribution in [1.29, 1.82) is 0 Å². The molecular weight excluding hydrogens is 1050 g/mol. The van der Waals surface area contributed by atoms with Gasteiger partial charge in [0.25, 0.3) is 0 Å². The van der Waals surface area contributed by atoms with Crippen molar-refractivity contribution in [2.75, 3.05) is 103 Å². The fraction of sp³-hybridized carbons (Fsp3) is 0.417. The van der Waals surface area contributed by atoms with Crippen LogP contribution in [0.4, 0.5) is 0 Å². The van der Waals surface area contributed by atoms with Gasteiger partial charge in [0.05, 0.1) is 38.6 Å². The van der Waals surface area contributed by atoms with Gasteiger partial charge in [-0.3, -0.25) is 0 Å². The zero-order valence-electron chi connectivity index (χ0n) is 52.8. The van der Waals surface area contributed by atoms with E-state index in [-0.39, 0.29) is 18.3 Å². The Balaban J connectivity index is 0.000000270. The summed E-state index contributed by atoms with van der Waals surface area (Å²) in [6.07, 6.45) is 7.91. The van der Waals surface area contributed by atoms with Gasteiger partial charge < -0.3 is 57.3 Å². The molecule has 0 heterocycles. The van der Waals surface area contributed by atoms with Crippen LogP contribution < -0.4 is 28.4 Å². The summed E-state index contributed by atoms with van der Waals surface area (Å²) >= 11 is 0. The molecule has 6 rings (SSSR count). The number of rotatable bonds is 36. The summed E-state index contributed by atoms with van der Waals surface area (Å²) in [5.74, 6) is 7.80. The van der Waals surface area contributed by atoms with E-state index >= 15 is 0 Å². The average Bonchev–Trinajstić information content (AvgIpc) is 3.57. The Morgan fingerprint density at radius 2 is 0.583 bits per heavy atom. The number of likely N-dealkylation sites (N-methyl/N-ethyl adjacent to an activating group) is 3. The van der Waals surface area contributed by atoms with E-state index in [2.05, 4.69) is 107 Å². The minimum absolute atomic E-state index is 0.0444. The lowest BCUT2D eigenvalue weighted by atomic mass is 10.0. The summed E-state index contributed by atoms with van der Waals surface area (Å²) in [7, 11) is 17.3. The van der Waals surface area contributed by atoms with Gasteiger partial charge >= 0.3 is 0 Å². The lowest BCUT2D eigenvalue weighted by Gasteiger charge is -2.24. The molecule has 0 aliphatic heterocycles. The summed E-state index contributed by atoms with van der Waals surface area (Å²) in [6, 6.07) is 49.4. The highest BCUT2D eigenvalue weighted by Crippen LogP contribution is 2.26. The molecule has 0 saturated heterocycles. The molecule has 0 N–H and O–H groups in total. The maximum absolute atomic E-state index is 6.16. The molecule has 0 bridgehead atoms. The monoisotopic (exact) mass is 1150 g/mol. The topological polar surface area (TPSA) is 92.8 Å². The van der Waals surface area contributed by atoms with E-state index in [1.54, 1.807) is 21.3 Å². The number of benzene rings is 6. The molecule has 0 spiro atoms. The second-order valence-electron chi connectivity index (χ2n) is 21.5. The van der Waals surface area contributed by atoms with Gasteiger partial charge in [0.15, 0.2) is 0 Å². The van der Waals surface area contributed by atoms with Crippen molar-refractivity contribution < 1.29 is 42.6 Å². The highest BCUT2D eigenvalue weighted by Gasteiger charge is 2.18. The van der Waals surface area contributed by atoms with Gasteiger partial charge in [-0.25, -0.2) is 0 Å². The summed E-state index contributed by atoms with van der Waals surface area (Å²) in [5.41, 5.74) is 7.46. The number of para-hydroxylation sites is 3. The van der Waals surface area contributed by atoms with Gasteiger partial charge in [-0.15, -0.1) is 0 Å². The zero-order chi connectivity index (χ0) is 61.1. The standard InChI is InChI=1S/3C24H33NO3/c3*1-6-19(2)28-23(17-25(3)4)18-27-24-10-8-7-9-21(24)14-11-20-12-15-22(26-5)16-13-20/h3*7-10,12-13,15-16,23H,2,6,11,14,17-18H2,1,3-5H3/t2*23-;/m10./s1. The van der Waals surface area contributed by atoms with E-state index in [0.29, 0.717) is 19.8 Å². The Kier molecular flexibility index (Phi) is 32.3. The Bertz CT molecular complexity index is 2480. The average molecular weight is 1150 g/mol. The first-order chi connectivity index (χ1) is 40.5. The van der Waals surface area contributed by atoms with Crippen LogP contribution in [0.25, 0.3) is 0 Å². The molecule has 0 fully saturated rings. The summed E-state index contributed by atoms with van der Waals surface area (Å²) in [6.45, 7) is 21.9. The molecular formula is C72H99N3O9. The van der Waals surface area contributed by atoms with E-state index in [1.165, 1.54) is 33.4 Å². The van der Waals surface area contributed by atoms with Gasteiger partial charge in [-0.05, 0) is 169 Å². The second kappa shape index (κ2) is 39.2. The first-order valence-electron chi connectivity index (χ1n) is 29.5. The molecule has 0 aromatic heterocycles. The molecule has 12 nitrogen and oxygen atoms in total. The van der Waals surface area contributed by atoms with Crippen LogP contribution in [0.1, 0.15) is 73.4 Å². The number of hydrogen-bond acceptors (Lipinski definition) is 12. The van der Waals surface area contributed by atoms with E-state index in [1.807, 2.05) is 136 Å². The van der Waals surface area contributed by atoms with Crippen molar-refractivity contribution in [2.24, 2.45) is 0 Å². The molecule has 0 saturated carbocycles. The molecule has 0 radical (unpaired) electrons. The van der Waals surface area contributed by atoms with Crippen LogP contribution in [0.15, 0.2) is 183 Å². The largest absolute Gasteiger partial charge is 0.497 e. The van der Waals surface area contributed by atoms with Gasteiger partial charge in [0.2, 0.25) is 0 Å². The Morgan fingerprint density at radius 1 is 0.345 bits per heavy atom. The van der Waals surface area contributed by atoms with E-state index < -0.39 is 0 Å². The quantitative estimate of drug-likeness (QED) is 0.0351. The predicted octanol–water partition coefficient (Wildman–Crippen LogP) is 14.2. The molecule has 12 heteroatoms. The lowest BCUT2D eigenvalue weighted by Crippen LogP contribution is -2.33. The smallest absolute Gasteiger partial charge is 0.145 e. The minimum Gasteiger partial charge on any atom is -0.497 e. The van der Waals surface area contributed by atoms with E-state index in [9.17, 15) is 0 Å². The highest BCUT2D eigenvalue weighted by molar-refractivity contribution is 5.38. The molecule has 6 aromatic rings. The van der Waals surface area contributed by atoms with Crippen molar-refractivity contribution in [3.8, 4) is 34.5 Å². The minimum atomic E-state index is -0.0444. The van der Waals surface area contributed by atoms with Crippen LogP contribution >= 0.6 is 0 Å². The molecule has 0 amide bonds. The lowest BCUT2D eigenvalue weighted by molar-refractivity contribution is 0.0465. The van der Waals surface area contributed by atoms with Crippen molar-refractivity contribution in [3.05, 3.63) is 216 Å². The molecule has 6 aromatic carbocycles. The number of nitrogens with zero attached hydrogens (tertiary/aromatic N) is 3. The maximum atomic E-state index is 6.16. The maximum Gasteiger partial charge on any atom is 0.145 e. The predicted molar refractivity (Wildman–Crippen MR) is 346 cm³/mol. The Labute approximate surface area is 505 Å². The van der Waals surface area contributed by atoms with Crippen LogP contribution in [0.2, 0.25) is 0 Å². The van der Waals surface area contributed by atoms with Crippen LogP contribution in [-0.4, -0.2) is 136 Å². The van der Waals surface area contributed by atoms with Crippen molar-refractivity contribution in [1.82, 2.24) is 14.7 Å². The van der Waals surface area contributed by atoms with Gasteiger partial charge in [-0.2, -0.15) is 0 Å². The second-order valence-corrected chi connectivity index (χ2v) is 21.5. The van der Waals surface area contributed by atoms with Crippen LogP contribution in [0.5, 0.6) is 34.5 Å². The third kappa shape index (κ3) is 27.3. The molecule has 0 aliphatic carbocycles. The number of methoxy groups -OCH3 is 3. The van der Waals surface area contributed by atoms with Crippen molar-refractivity contribution in [3.63, 3.8) is 0 Å². The SMILES string of the molecule is C=C(CC)OC(COc1ccccc1CCc1ccc(OC)cc1)CN(C)C.C=C(CC)O[C@@H](COc1ccccc1CCc1ccc(OC)cc1)CN(C)C.C=C(CC)O[C@H](COc1ccccc1CCc1ccc(OC)cc1)CN(C)C. The molecule has 0 aliphatic rings. The summed E-state index contributed by atoms with van der Waals surface area (Å²) in [4.78, 5) is 6.31. The summed E-state index contributed by atoms with van der Waals surface area (Å²) < 4.78 is 52.0. The molecule has 3 atom stereocenters. The van der Waals surface area contributed by atoms with Gasteiger partial charge in [0, 0.05) is 38.9 Å². The van der Waals surface area contributed by atoms with Gasteiger partial charge in [0.1, 0.15) is 72.6 Å². The third-order valence-electron chi connectivity index (χ3n) is 13.6. The Morgan fingerprint density at radius 3 is 0.798 bits per heavy atom. The number of aryl methyl sites for hydroxylation is 6. The third-order valence-corrected chi connectivity index (χ3v) is 13.6. The van der Waals surface area contributed by atoms with Crippen molar-refractivity contribution >= 4 is 0 Å². The van der Waals surface area contributed by atoms with E-state index in [0.717, 1.165) is 129 Å². The number of allylic oxidation sites excluding steroid dienone is 3. The number of ether oxygens (including phenoxy) is 9. The first kappa shape index (κ1) is 69.1. The first-order valence-corrected chi connectivity index (χ1v) is 29.5. The number of hydrogen-bond donors (Lipinski definition) is 0. The van der Waals surface area contributed by atoms with Crippen molar-refractivity contribution in [2.45, 2.75) is 96.9 Å². The van der Waals surface area contributed by atoms with Crippen LogP contribution in [-0.2, 0) is 52.7 Å². The Hall–Kier alpha value is -7.38. The van der Waals surface area contributed by atoms with Crippen LogP contribution in [0, 0.1) is 0 Å². The normalized spacial score (nSPS) is 11.9. The molecule has 456 valence electrons.